The van der Waals surface area contributed by atoms with Crippen LogP contribution in [0.25, 0.3) is 0 Å². The minimum Gasteiger partial charge on any atom is -0.495 e. The summed E-state index contributed by atoms with van der Waals surface area (Å²) in [5.41, 5.74) is 0.741. The van der Waals surface area contributed by atoms with Gasteiger partial charge in [0.1, 0.15) is 17.6 Å². The highest BCUT2D eigenvalue weighted by atomic mass is 35.5. The number of halogens is 1. The van der Waals surface area contributed by atoms with Crippen LogP contribution in [0.2, 0.25) is 5.02 Å². The standard InChI is InChI=1S/C18H15ClN2O5/c1-24-16-7-6-13(8-14(16)19)21-17(22)10-26-18(23)11-25-15-5-3-2-4-12(15)9-20/h2-8H,10-11H2,1H3,(H,21,22). The van der Waals surface area contributed by atoms with Crippen molar-refractivity contribution in [2.75, 3.05) is 25.6 Å². The van der Waals surface area contributed by atoms with Crippen molar-refractivity contribution < 1.29 is 23.8 Å². The topological polar surface area (TPSA) is 97.7 Å². The minimum atomic E-state index is -0.736. The molecule has 0 aliphatic heterocycles. The monoisotopic (exact) mass is 374 g/mol. The number of rotatable bonds is 7. The highest BCUT2D eigenvalue weighted by molar-refractivity contribution is 6.32. The van der Waals surface area contributed by atoms with Gasteiger partial charge >= 0.3 is 5.97 Å². The van der Waals surface area contributed by atoms with Gasteiger partial charge in [-0.2, -0.15) is 5.26 Å². The fraction of sp³-hybridized carbons (Fsp3) is 0.167. The molecule has 0 saturated heterocycles. The molecule has 8 heteroatoms. The number of anilines is 1. The van der Waals surface area contributed by atoms with E-state index >= 15 is 0 Å². The molecule has 2 aromatic carbocycles. The number of ether oxygens (including phenoxy) is 3. The lowest BCUT2D eigenvalue weighted by molar-refractivity contribution is -0.149. The van der Waals surface area contributed by atoms with Crippen LogP contribution < -0.4 is 14.8 Å². The molecule has 2 rings (SSSR count). The molecular weight excluding hydrogens is 360 g/mol. The fourth-order valence-corrected chi connectivity index (χ4v) is 2.21. The van der Waals surface area contributed by atoms with Crippen LogP contribution in [0, 0.1) is 11.3 Å². The van der Waals surface area contributed by atoms with Gasteiger partial charge in [-0.25, -0.2) is 4.79 Å². The van der Waals surface area contributed by atoms with Gasteiger partial charge in [-0.15, -0.1) is 0 Å². The van der Waals surface area contributed by atoms with Gasteiger partial charge in [0.25, 0.3) is 5.91 Å². The summed E-state index contributed by atoms with van der Waals surface area (Å²) in [6.45, 7) is -0.897. The van der Waals surface area contributed by atoms with E-state index in [2.05, 4.69) is 5.32 Å². The van der Waals surface area contributed by atoms with E-state index in [-0.39, 0.29) is 5.75 Å². The second-order valence-corrected chi connectivity index (χ2v) is 5.36. The van der Waals surface area contributed by atoms with Crippen LogP contribution in [0.4, 0.5) is 5.69 Å². The van der Waals surface area contributed by atoms with E-state index in [9.17, 15) is 9.59 Å². The zero-order chi connectivity index (χ0) is 18.9. The molecular formula is C18H15ClN2O5. The number of nitrogens with zero attached hydrogens (tertiary/aromatic N) is 1. The smallest absolute Gasteiger partial charge is 0.344 e. The first kappa shape index (κ1) is 19.1. The lowest BCUT2D eigenvalue weighted by Gasteiger charge is -2.09. The second-order valence-electron chi connectivity index (χ2n) is 4.95. The quantitative estimate of drug-likeness (QED) is 0.748. The molecule has 0 aliphatic rings. The van der Waals surface area contributed by atoms with Crippen molar-refractivity contribution in [2.45, 2.75) is 0 Å². The van der Waals surface area contributed by atoms with Crippen LogP contribution >= 0.6 is 11.6 Å². The summed E-state index contributed by atoms with van der Waals surface area (Å²) < 4.78 is 15.1. The Morgan fingerprint density at radius 2 is 1.92 bits per heavy atom. The van der Waals surface area contributed by atoms with Gasteiger partial charge in [0.05, 0.1) is 17.7 Å². The maximum Gasteiger partial charge on any atom is 0.344 e. The van der Waals surface area contributed by atoms with Gasteiger partial charge in [0, 0.05) is 5.69 Å². The molecule has 1 amide bonds. The molecule has 0 heterocycles. The maximum absolute atomic E-state index is 11.8. The number of amides is 1. The number of hydrogen-bond donors (Lipinski definition) is 1. The average molecular weight is 375 g/mol. The van der Waals surface area contributed by atoms with E-state index in [0.29, 0.717) is 22.0 Å². The Hall–Kier alpha value is -3.24. The number of benzene rings is 2. The fourth-order valence-electron chi connectivity index (χ4n) is 1.95. The number of carbonyl (C=O) groups is 2. The normalized spacial score (nSPS) is 9.73. The molecule has 0 aliphatic carbocycles. The predicted octanol–water partition coefficient (Wildman–Crippen LogP) is 2.78. The molecule has 134 valence electrons. The molecule has 0 fully saturated rings. The lowest BCUT2D eigenvalue weighted by Crippen LogP contribution is -2.23. The van der Waals surface area contributed by atoms with E-state index in [1.54, 1.807) is 36.4 Å². The molecule has 1 N–H and O–H groups in total. The number of hydrogen-bond acceptors (Lipinski definition) is 6. The van der Waals surface area contributed by atoms with Crippen molar-refractivity contribution in [2.24, 2.45) is 0 Å². The molecule has 2 aromatic rings. The molecule has 0 saturated carbocycles. The Morgan fingerprint density at radius 3 is 2.62 bits per heavy atom. The number of para-hydroxylation sites is 1. The SMILES string of the molecule is COc1ccc(NC(=O)COC(=O)COc2ccccc2C#N)cc1Cl. The Kier molecular flexibility index (Phi) is 6.83. The van der Waals surface area contributed by atoms with E-state index < -0.39 is 25.1 Å². The zero-order valence-electron chi connectivity index (χ0n) is 13.8. The number of esters is 1. The van der Waals surface area contributed by atoms with Crippen LogP contribution in [0.5, 0.6) is 11.5 Å². The van der Waals surface area contributed by atoms with Gasteiger partial charge < -0.3 is 19.5 Å². The number of nitrogens with one attached hydrogen (secondary N) is 1. The van der Waals surface area contributed by atoms with Gasteiger partial charge in [0.15, 0.2) is 13.2 Å². The first-order valence-electron chi connectivity index (χ1n) is 7.44. The van der Waals surface area contributed by atoms with Crippen LogP contribution in [-0.2, 0) is 14.3 Å². The van der Waals surface area contributed by atoms with Gasteiger partial charge in [-0.05, 0) is 30.3 Å². The summed E-state index contributed by atoms with van der Waals surface area (Å²) >= 11 is 5.96. The Labute approximate surface area is 155 Å². The maximum atomic E-state index is 11.8. The third-order valence-corrected chi connectivity index (χ3v) is 3.45. The largest absolute Gasteiger partial charge is 0.495 e. The number of carbonyl (C=O) groups excluding carboxylic acids is 2. The first-order valence-corrected chi connectivity index (χ1v) is 7.82. The minimum absolute atomic E-state index is 0.268. The lowest BCUT2D eigenvalue weighted by atomic mass is 10.2. The van der Waals surface area contributed by atoms with E-state index in [1.807, 2.05) is 6.07 Å². The van der Waals surface area contributed by atoms with Crippen molar-refractivity contribution in [1.82, 2.24) is 0 Å². The Bertz CT molecular complexity index is 848. The van der Waals surface area contributed by atoms with Crippen molar-refractivity contribution in [3.63, 3.8) is 0 Å². The molecule has 0 spiro atoms. The van der Waals surface area contributed by atoms with Crippen molar-refractivity contribution in [3.05, 3.63) is 53.1 Å². The molecule has 0 atom stereocenters. The van der Waals surface area contributed by atoms with Gasteiger partial charge in [0.2, 0.25) is 0 Å². The van der Waals surface area contributed by atoms with E-state index in [1.165, 1.54) is 13.2 Å². The Morgan fingerprint density at radius 1 is 1.15 bits per heavy atom. The van der Waals surface area contributed by atoms with E-state index in [4.69, 9.17) is 31.1 Å². The summed E-state index contributed by atoms with van der Waals surface area (Å²) in [7, 11) is 1.48. The molecule has 0 aromatic heterocycles. The van der Waals surface area contributed by atoms with Crippen molar-refractivity contribution >= 4 is 29.2 Å². The Balaban J connectivity index is 1.79. The highest BCUT2D eigenvalue weighted by Gasteiger charge is 2.11. The summed E-state index contributed by atoms with van der Waals surface area (Å²) in [5.74, 6) is -0.521. The van der Waals surface area contributed by atoms with Crippen LogP contribution in [0.15, 0.2) is 42.5 Å². The first-order chi connectivity index (χ1) is 12.5. The van der Waals surface area contributed by atoms with E-state index in [0.717, 1.165) is 0 Å². The van der Waals surface area contributed by atoms with Crippen LogP contribution in [0.3, 0.4) is 0 Å². The zero-order valence-corrected chi connectivity index (χ0v) is 14.6. The molecule has 7 nitrogen and oxygen atoms in total. The summed E-state index contributed by atoms with van der Waals surface area (Å²) in [6, 6.07) is 13.2. The van der Waals surface area contributed by atoms with Crippen LogP contribution in [0.1, 0.15) is 5.56 Å². The average Bonchev–Trinajstić information content (AvgIpc) is 2.65. The third kappa shape index (κ3) is 5.40. The number of methoxy groups -OCH3 is 1. The molecule has 0 unspecified atom stereocenters. The highest BCUT2D eigenvalue weighted by Crippen LogP contribution is 2.27. The summed E-state index contributed by atoms with van der Waals surface area (Å²) in [4.78, 5) is 23.5. The third-order valence-electron chi connectivity index (χ3n) is 3.15. The molecule has 0 radical (unpaired) electrons. The summed E-state index contributed by atoms with van der Waals surface area (Å²) in [6.07, 6.45) is 0. The second kappa shape index (κ2) is 9.30. The predicted molar refractivity (Wildman–Crippen MR) is 94.2 cm³/mol. The molecule has 0 bridgehead atoms. The van der Waals surface area contributed by atoms with Crippen molar-refractivity contribution in [1.29, 1.82) is 5.26 Å². The van der Waals surface area contributed by atoms with Crippen LogP contribution in [-0.4, -0.2) is 32.2 Å². The molecule has 26 heavy (non-hydrogen) atoms. The van der Waals surface area contributed by atoms with Crippen molar-refractivity contribution in [3.8, 4) is 17.6 Å². The number of nitriles is 1. The van der Waals surface area contributed by atoms with Gasteiger partial charge in [-0.1, -0.05) is 23.7 Å². The summed E-state index contributed by atoms with van der Waals surface area (Å²) in [5, 5.41) is 11.8. The van der Waals surface area contributed by atoms with Gasteiger partial charge in [-0.3, -0.25) is 4.79 Å².